The van der Waals surface area contributed by atoms with Crippen LogP contribution in [0.1, 0.15) is 22.8 Å². The van der Waals surface area contributed by atoms with Crippen LogP contribution in [0.2, 0.25) is 0 Å². The number of alkyl halides is 1. The summed E-state index contributed by atoms with van der Waals surface area (Å²) in [6.45, 7) is 0.169. The maximum absolute atomic E-state index is 11.6. The van der Waals surface area contributed by atoms with Gasteiger partial charge in [-0.1, -0.05) is 70.8 Å². The van der Waals surface area contributed by atoms with Crippen molar-refractivity contribution in [3.63, 3.8) is 0 Å². The summed E-state index contributed by atoms with van der Waals surface area (Å²) < 4.78 is 6.52. The highest BCUT2D eigenvalue weighted by Gasteiger charge is 2.31. The lowest BCUT2D eigenvalue weighted by Gasteiger charge is -2.16. The number of amides is 2. The Kier molecular flexibility index (Phi) is 6.55. The molecule has 5 nitrogen and oxygen atoms in total. The van der Waals surface area contributed by atoms with Crippen LogP contribution in [0.25, 0.3) is 0 Å². The Morgan fingerprint density at radius 2 is 1.88 bits per heavy atom. The standard InChI is InChI=1S/C19H18INO4S/c20-10-13-3-1-2-4-15(13)16(22)11-25-14-7-5-12(6-8-14)9-17-18(23)21-19(24)26-17/h1-8,16-17,22H,9-11H2,(H,21,23,24)/t16-,17?/m1/s1. The number of hydrogen-bond acceptors (Lipinski definition) is 5. The summed E-state index contributed by atoms with van der Waals surface area (Å²) in [7, 11) is 0. The molecular weight excluding hydrogens is 465 g/mol. The van der Waals surface area contributed by atoms with Crippen LogP contribution in [0.3, 0.4) is 0 Å². The van der Waals surface area contributed by atoms with Crippen molar-refractivity contribution in [1.29, 1.82) is 0 Å². The molecule has 0 spiro atoms. The van der Waals surface area contributed by atoms with Crippen molar-refractivity contribution in [3.05, 3.63) is 65.2 Å². The van der Waals surface area contributed by atoms with E-state index < -0.39 is 6.10 Å². The lowest BCUT2D eigenvalue weighted by atomic mass is 10.0. The second-order valence-electron chi connectivity index (χ2n) is 5.89. The highest BCUT2D eigenvalue weighted by Crippen LogP contribution is 2.25. The van der Waals surface area contributed by atoms with Crippen molar-refractivity contribution in [2.24, 2.45) is 0 Å². The molecule has 1 aliphatic heterocycles. The number of halogens is 1. The minimum atomic E-state index is -0.690. The number of aliphatic hydroxyl groups is 1. The van der Waals surface area contributed by atoms with Crippen molar-refractivity contribution in [2.75, 3.05) is 6.61 Å². The minimum absolute atomic E-state index is 0.169. The Bertz CT molecular complexity index is 796. The zero-order chi connectivity index (χ0) is 18.5. The molecule has 7 heteroatoms. The van der Waals surface area contributed by atoms with Gasteiger partial charge >= 0.3 is 0 Å². The van der Waals surface area contributed by atoms with Crippen LogP contribution in [0.5, 0.6) is 5.75 Å². The molecule has 0 bridgehead atoms. The Morgan fingerprint density at radius 1 is 1.15 bits per heavy atom. The Labute approximate surface area is 169 Å². The second kappa shape index (κ2) is 8.88. The van der Waals surface area contributed by atoms with Crippen molar-refractivity contribution in [1.82, 2.24) is 5.32 Å². The molecular formula is C19H18INO4S. The van der Waals surface area contributed by atoms with Gasteiger partial charge in [0.2, 0.25) is 5.91 Å². The van der Waals surface area contributed by atoms with E-state index in [0.717, 1.165) is 32.9 Å². The average molecular weight is 483 g/mol. The van der Waals surface area contributed by atoms with Crippen LogP contribution in [-0.4, -0.2) is 28.1 Å². The maximum atomic E-state index is 11.6. The second-order valence-corrected chi connectivity index (χ2v) is 7.83. The van der Waals surface area contributed by atoms with E-state index >= 15 is 0 Å². The zero-order valence-electron chi connectivity index (χ0n) is 13.9. The quantitative estimate of drug-likeness (QED) is 0.465. The van der Waals surface area contributed by atoms with E-state index in [1.165, 1.54) is 0 Å². The highest BCUT2D eigenvalue weighted by molar-refractivity contribution is 14.1. The van der Waals surface area contributed by atoms with Crippen LogP contribution in [0.4, 0.5) is 4.79 Å². The van der Waals surface area contributed by atoms with E-state index in [2.05, 4.69) is 27.9 Å². The molecule has 2 amide bonds. The summed E-state index contributed by atoms with van der Waals surface area (Å²) in [6.07, 6.45) is -0.195. The van der Waals surface area contributed by atoms with Gasteiger partial charge < -0.3 is 9.84 Å². The molecule has 0 aromatic heterocycles. The number of thioether (sulfide) groups is 1. The first-order chi connectivity index (χ1) is 12.6. The van der Waals surface area contributed by atoms with Gasteiger partial charge in [-0.05, 0) is 35.2 Å². The summed E-state index contributed by atoms with van der Waals surface area (Å²) in [4.78, 5) is 22.8. The van der Waals surface area contributed by atoms with Crippen LogP contribution in [0, 0.1) is 0 Å². The van der Waals surface area contributed by atoms with Gasteiger partial charge in [0.1, 0.15) is 18.5 Å². The first kappa shape index (κ1) is 19.2. The van der Waals surface area contributed by atoms with E-state index in [1.54, 1.807) is 0 Å². The van der Waals surface area contributed by atoms with Crippen LogP contribution >= 0.6 is 34.4 Å². The Balaban J connectivity index is 1.56. The summed E-state index contributed by atoms with van der Waals surface area (Å²) in [5.74, 6) is 0.414. The number of benzene rings is 2. The van der Waals surface area contributed by atoms with Crippen LogP contribution in [-0.2, 0) is 15.6 Å². The first-order valence-electron chi connectivity index (χ1n) is 8.12. The highest BCUT2D eigenvalue weighted by atomic mass is 127. The smallest absolute Gasteiger partial charge is 0.286 e. The summed E-state index contributed by atoms with van der Waals surface area (Å²) in [6, 6.07) is 15.1. The van der Waals surface area contributed by atoms with Gasteiger partial charge in [-0.3, -0.25) is 14.9 Å². The number of nitrogens with one attached hydrogen (secondary N) is 1. The van der Waals surface area contributed by atoms with Crippen molar-refractivity contribution >= 4 is 45.5 Å². The number of carbonyl (C=O) groups excluding carboxylic acids is 2. The van der Waals surface area contributed by atoms with E-state index in [-0.39, 0.29) is 23.0 Å². The van der Waals surface area contributed by atoms with Crippen molar-refractivity contribution < 1.29 is 19.4 Å². The SMILES string of the molecule is O=C1NC(=O)C(Cc2ccc(OC[C@@H](O)c3ccccc3CI)cc2)S1. The third-order valence-corrected chi connectivity index (χ3v) is 5.88. The first-order valence-corrected chi connectivity index (χ1v) is 10.5. The Hall–Kier alpha value is -1.58. The van der Waals surface area contributed by atoms with E-state index in [0.29, 0.717) is 12.2 Å². The molecule has 1 saturated heterocycles. The van der Waals surface area contributed by atoms with E-state index in [1.807, 2.05) is 48.5 Å². The largest absolute Gasteiger partial charge is 0.491 e. The van der Waals surface area contributed by atoms with E-state index in [9.17, 15) is 14.7 Å². The fourth-order valence-corrected chi connectivity index (χ4v) is 4.26. The molecule has 2 aromatic carbocycles. The molecule has 3 rings (SSSR count). The minimum Gasteiger partial charge on any atom is -0.491 e. The third-order valence-electron chi connectivity index (χ3n) is 4.08. The summed E-state index contributed by atoms with van der Waals surface area (Å²) in [5, 5.41) is 12.0. The van der Waals surface area contributed by atoms with Crippen LogP contribution in [0.15, 0.2) is 48.5 Å². The molecule has 2 aromatic rings. The maximum Gasteiger partial charge on any atom is 0.286 e. The molecule has 1 aliphatic rings. The molecule has 2 atom stereocenters. The van der Waals surface area contributed by atoms with Gasteiger partial charge in [0.05, 0.1) is 5.25 Å². The number of aliphatic hydroxyl groups excluding tert-OH is 1. The number of imide groups is 1. The number of carbonyl (C=O) groups is 2. The topological polar surface area (TPSA) is 75.6 Å². The Morgan fingerprint density at radius 3 is 2.54 bits per heavy atom. The van der Waals surface area contributed by atoms with Crippen molar-refractivity contribution in [2.45, 2.75) is 22.2 Å². The van der Waals surface area contributed by atoms with Gasteiger partial charge in [0.25, 0.3) is 5.24 Å². The summed E-state index contributed by atoms with van der Waals surface area (Å²) >= 11 is 3.30. The van der Waals surface area contributed by atoms with Gasteiger partial charge in [-0.15, -0.1) is 0 Å². The van der Waals surface area contributed by atoms with E-state index in [4.69, 9.17) is 4.74 Å². The monoisotopic (exact) mass is 483 g/mol. The fourth-order valence-electron chi connectivity index (χ4n) is 2.71. The number of hydrogen-bond donors (Lipinski definition) is 2. The third kappa shape index (κ3) is 4.77. The molecule has 1 fully saturated rings. The van der Waals surface area contributed by atoms with Crippen LogP contribution < -0.4 is 10.1 Å². The number of ether oxygens (including phenoxy) is 1. The average Bonchev–Trinajstić information content (AvgIpc) is 2.97. The molecule has 2 N–H and O–H groups in total. The molecule has 0 radical (unpaired) electrons. The molecule has 1 unspecified atom stereocenters. The molecule has 0 aliphatic carbocycles. The predicted octanol–water partition coefficient (Wildman–Crippen LogP) is 3.63. The molecule has 0 saturated carbocycles. The van der Waals surface area contributed by atoms with Gasteiger partial charge in [-0.25, -0.2) is 0 Å². The van der Waals surface area contributed by atoms with Gasteiger partial charge in [0, 0.05) is 4.43 Å². The molecule has 26 heavy (non-hydrogen) atoms. The zero-order valence-corrected chi connectivity index (χ0v) is 16.8. The summed E-state index contributed by atoms with van der Waals surface area (Å²) in [5.41, 5.74) is 2.93. The number of rotatable bonds is 7. The normalized spacial score (nSPS) is 17.8. The van der Waals surface area contributed by atoms with Crippen molar-refractivity contribution in [3.8, 4) is 5.75 Å². The van der Waals surface area contributed by atoms with Gasteiger partial charge in [-0.2, -0.15) is 0 Å². The molecule has 1 heterocycles. The lowest BCUT2D eigenvalue weighted by molar-refractivity contribution is -0.118. The lowest BCUT2D eigenvalue weighted by Crippen LogP contribution is -2.25. The fraction of sp³-hybridized carbons (Fsp3) is 0.263. The molecule has 136 valence electrons. The van der Waals surface area contributed by atoms with Gasteiger partial charge in [0.15, 0.2) is 0 Å². The predicted molar refractivity (Wildman–Crippen MR) is 110 cm³/mol.